The summed E-state index contributed by atoms with van der Waals surface area (Å²) < 4.78 is 15.5. The Morgan fingerprint density at radius 1 is 1.04 bits per heavy atom. The SMILES string of the molecule is CC(O)C1(C(=O)Nc2ccc3c(c2)c(-c2ccc(F)cc2)n[n]3[Tl])CCN(CC(=O)N2CCN(c3ccc(-c4ncccn4)cn3)C[C@H]2C)C1. The number of hydrogen-bond donors (Lipinski definition) is 2. The topological polar surface area (TPSA) is 133 Å². The number of nitrogens with zero attached hydrogens (tertiary/aromatic N) is 8. The summed E-state index contributed by atoms with van der Waals surface area (Å²) >= 11 is 0.417. The first-order valence-electron chi connectivity index (χ1n) is 16.6. The Hall–Kier alpha value is -4.35. The van der Waals surface area contributed by atoms with Gasteiger partial charge in [0.05, 0.1) is 0 Å². The van der Waals surface area contributed by atoms with Crippen molar-refractivity contribution >= 4 is 60.3 Å². The van der Waals surface area contributed by atoms with Crippen LogP contribution in [0.15, 0.2) is 79.3 Å². The number of aliphatic hydroxyl groups excluding tert-OH is 1. The second-order valence-electron chi connectivity index (χ2n) is 13.1. The first-order chi connectivity index (χ1) is 24.1. The number of carbonyl (C=O) groups excluding carboxylic acids is 2. The second kappa shape index (κ2) is 14.1. The maximum atomic E-state index is 13.9. The van der Waals surface area contributed by atoms with E-state index < -0.39 is 11.5 Å². The number of fused-ring (bicyclic) bond motifs is 1. The zero-order chi connectivity index (χ0) is 35.0. The van der Waals surface area contributed by atoms with E-state index in [0.29, 0.717) is 70.2 Å². The molecule has 2 amide bonds. The third-order valence-electron chi connectivity index (χ3n) is 9.92. The summed E-state index contributed by atoms with van der Waals surface area (Å²) in [6, 6.07) is 17.5. The molecule has 12 nitrogen and oxygen atoms in total. The summed E-state index contributed by atoms with van der Waals surface area (Å²) in [7, 11) is 0. The molecule has 0 saturated carbocycles. The van der Waals surface area contributed by atoms with Crippen LogP contribution in [0.4, 0.5) is 15.9 Å². The van der Waals surface area contributed by atoms with E-state index in [1.807, 2.05) is 49.5 Å². The molecule has 2 aromatic carbocycles. The van der Waals surface area contributed by atoms with Crippen LogP contribution < -0.4 is 10.2 Å². The van der Waals surface area contributed by atoms with Gasteiger partial charge < -0.3 is 9.80 Å². The minimum absolute atomic E-state index is 0.00287. The van der Waals surface area contributed by atoms with Gasteiger partial charge in [0.15, 0.2) is 5.82 Å². The summed E-state index contributed by atoms with van der Waals surface area (Å²) in [6.07, 6.45) is 4.67. The summed E-state index contributed by atoms with van der Waals surface area (Å²) in [5.41, 5.74) is 2.79. The molecule has 0 bridgehead atoms. The zero-order valence-corrected chi connectivity index (χ0v) is 32.4. The fourth-order valence-electron chi connectivity index (χ4n) is 7.03. The van der Waals surface area contributed by atoms with Gasteiger partial charge in [-0.05, 0) is 25.1 Å². The number of carbonyl (C=O) groups is 2. The molecule has 14 heteroatoms. The Morgan fingerprint density at radius 3 is 2.50 bits per heavy atom. The molecule has 50 heavy (non-hydrogen) atoms. The van der Waals surface area contributed by atoms with E-state index in [1.54, 1.807) is 43.7 Å². The molecule has 2 saturated heterocycles. The Morgan fingerprint density at radius 2 is 1.80 bits per heavy atom. The van der Waals surface area contributed by atoms with Crippen LogP contribution in [0.3, 0.4) is 0 Å². The van der Waals surface area contributed by atoms with Gasteiger partial charge in [0.1, 0.15) is 5.82 Å². The number of aromatic nitrogens is 5. The van der Waals surface area contributed by atoms with Crippen molar-refractivity contribution in [1.82, 2.24) is 32.3 Å². The number of amides is 2. The van der Waals surface area contributed by atoms with Crippen molar-refractivity contribution in [3.05, 3.63) is 85.1 Å². The number of benzene rings is 2. The third-order valence-corrected chi connectivity index (χ3v) is 11.4. The Kier molecular flexibility index (Phi) is 9.63. The average Bonchev–Trinajstić information content (AvgIpc) is 3.70. The predicted molar refractivity (Wildman–Crippen MR) is 189 cm³/mol. The first-order valence-corrected chi connectivity index (χ1v) is 18.7. The van der Waals surface area contributed by atoms with Crippen molar-refractivity contribution in [2.45, 2.75) is 32.4 Å². The normalized spacial score (nSPS) is 20.3. The van der Waals surface area contributed by atoms with E-state index in [0.717, 1.165) is 33.5 Å². The van der Waals surface area contributed by atoms with Crippen molar-refractivity contribution in [2.75, 3.05) is 49.5 Å². The van der Waals surface area contributed by atoms with Crippen molar-refractivity contribution < 1.29 is 19.1 Å². The van der Waals surface area contributed by atoms with Gasteiger partial charge in [-0.15, -0.1) is 0 Å². The molecule has 5 aromatic rings. The van der Waals surface area contributed by atoms with Gasteiger partial charge >= 0.3 is 191 Å². The third kappa shape index (κ3) is 6.73. The summed E-state index contributed by atoms with van der Waals surface area (Å²) in [4.78, 5) is 46.8. The summed E-state index contributed by atoms with van der Waals surface area (Å²) in [5, 5.41) is 19.6. The average molecular weight is 867 g/mol. The van der Waals surface area contributed by atoms with E-state index in [4.69, 9.17) is 5.10 Å². The molecule has 0 spiro atoms. The van der Waals surface area contributed by atoms with Crippen LogP contribution in [0.2, 0.25) is 0 Å². The van der Waals surface area contributed by atoms with Crippen LogP contribution in [0.5, 0.6) is 0 Å². The Bertz CT molecular complexity index is 2010. The number of piperazine rings is 1. The van der Waals surface area contributed by atoms with Crippen LogP contribution in [0.25, 0.3) is 33.5 Å². The molecule has 2 aliphatic heterocycles. The Labute approximate surface area is 305 Å². The molecule has 2 unspecified atom stereocenters. The summed E-state index contributed by atoms with van der Waals surface area (Å²) in [5.74, 6) is 0.862. The predicted octanol–water partition coefficient (Wildman–Crippen LogP) is 3.37. The van der Waals surface area contributed by atoms with Crippen LogP contribution >= 0.6 is 0 Å². The van der Waals surface area contributed by atoms with Crippen molar-refractivity contribution in [2.24, 2.45) is 5.41 Å². The van der Waals surface area contributed by atoms with Crippen molar-refractivity contribution in [1.29, 1.82) is 0 Å². The molecule has 3 atom stereocenters. The standard InChI is InChI=1S/C36H38FN9O3.Tl/c1-23-20-45(31-11-6-26(19-40-31)34-38-13-3-14-39-34)16-17-46(23)32(48)21-44-15-12-36(22-44,24(2)47)35(49)41-28-9-10-30-29(18-28)33(43-42-30)25-4-7-27(37)8-5-25;/h3-11,13-14,18-19,23-24,47H,12,15-17,20-22H2,1-2H3,(H2,41,42,43,49);/q;+1/p-1/t23-,24?,36?;/m1./s1. The monoisotopic (exact) mass is 867 g/mol. The number of halogens is 1. The van der Waals surface area contributed by atoms with Crippen LogP contribution in [-0.2, 0) is 9.59 Å². The number of anilines is 2. The molecule has 2 N–H and O–H groups in total. The van der Waals surface area contributed by atoms with Gasteiger partial charge in [0, 0.05) is 49.8 Å². The summed E-state index contributed by atoms with van der Waals surface area (Å²) in [6.45, 7) is 6.48. The van der Waals surface area contributed by atoms with Crippen molar-refractivity contribution in [3.8, 4) is 22.6 Å². The van der Waals surface area contributed by atoms with Gasteiger partial charge in [0.2, 0.25) is 0 Å². The second-order valence-corrected chi connectivity index (χ2v) is 15.0. The number of likely N-dealkylation sites (tertiary alicyclic amines) is 1. The quantitative estimate of drug-likeness (QED) is 0.226. The molecular weight excluding hydrogens is 830 g/mol. The minimum atomic E-state index is -1.08. The van der Waals surface area contributed by atoms with Crippen molar-refractivity contribution in [3.63, 3.8) is 0 Å². The fourth-order valence-corrected chi connectivity index (χ4v) is 8.36. The van der Waals surface area contributed by atoms with E-state index in [-0.39, 0.29) is 36.8 Å². The molecular formula is C36H37FN9O3Tl. The molecule has 254 valence electrons. The number of rotatable bonds is 8. The van der Waals surface area contributed by atoms with Gasteiger partial charge in [-0.2, -0.15) is 0 Å². The molecule has 3 aromatic heterocycles. The zero-order valence-electron chi connectivity index (χ0n) is 27.9. The first kappa shape index (κ1) is 34.1. The van der Waals surface area contributed by atoms with Crippen LogP contribution in [-0.4, -0.2) is 127 Å². The van der Waals surface area contributed by atoms with Gasteiger partial charge in [0.25, 0.3) is 0 Å². The molecule has 0 radical (unpaired) electrons. The number of nitrogens with one attached hydrogen (secondary N) is 1. The maximum absolute atomic E-state index is 13.9. The van der Waals surface area contributed by atoms with E-state index in [1.165, 1.54) is 12.1 Å². The number of pyridine rings is 1. The molecule has 7 rings (SSSR count). The van der Waals surface area contributed by atoms with Gasteiger partial charge in [-0.3, -0.25) is 4.79 Å². The van der Waals surface area contributed by atoms with Gasteiger partial charge in [-0.25, -0.2) is 15.0 Å². The van der Waals surface area contributed by atoms with E-state index in [9.17, 15) is 19.1 Å². The molecule has 0 aliphatic carbocycles. The molecule has 2 aliphatic rings. The molecule has 5 heterocycles. The van der Waals surface area contributed by atoms with Gasteiger partial charge in [-0.1, -0.05) is 0 Å². The number of hydrogen-bond acceptors (Lipinski definition) is 9. The number of aliphatic hydroxyl groups is 1. The van der Waals surface area contributed by atoms with E-state index in [2.05, 4.69) is 25.2 Å². The molecule has 2 fully saturated rings. The Balaban J connectivity index is 0.985. The van der Waals surface area contributed by atoms with Crippen LogP contribution in [0, 0.1) is 11.2 Å². The fraction of sp³-hybridized carbons (Fsp3) is 0.333. The van der Waals surface area contributed by atoms with Crippen LogP contribution in [0.1, 0.15) is 20.3 Å². The van der Waals surface area contributed by atoms with E-state index >= 15 is 0 Å².